The molecule has 3 aromatic rings. The van der Waals surface area contributed by atoms with Crippen molar-refractivity contribution in [3.63, 3.8) is 0 Å². The lowest BCUT2D eigenvalue weighted by Gasteiger charge is -2.13. The van der Waals surface area contributed by atoms with E-state index in [4.69, 9.17) is 14.2 Å². The summed E-state index contributed by atoms with van der Waals surface area (Å²) in [4.78, 5) is 28.4. The van der Waals surface area contributed by atoms with Gasteiger partial charge < -0.3 is 14.2 Å². The van der Waals surface area contributed by atoms with E-state index in [1.54, 1.807) is 31.2 Å². The molecule has 1 aromatic heterocycles. The first-order valence-electron chi connectivity index (χ1n) is 8.76. The van der Waals surface area contributed by atoms with Crippen molar-refractivity contribution in [3.8, 4) is 11.5 Å². The number of amides is 1. The molecule has 1 amide bonds. The van der Waals surface area contributed by atoms with Crippen LogP contribution >= 0.6 is 11.3 Å². The molecule has 0 saturated carbocycles. The normalized spacial score (nSPS) is 11.6. The van der Waals surface area contributed by atoms with Gasteiger partial charge in [-0.3, -0.25) is 10.1 Å². The summed E-state index contributed by atoms with van der Waals surface area (Å²) in [5.74, 6) is 0.212. The molecule has 1 atom stereocenters. The molecule has 0 unspecified atom stereocenters. The maximum atomic E-state index is 12.1. The molecule has 0 radical (unpaired) electrons. The van der Waals surface area contributed by atoms with Crippen LogP contribution in [0.5, 0.6) is 11.5 Å². The Hall–Kier alpha value is -3.13. The topological polar surface area (TPSA) is 86.8 Å². The summed E-state index contributed by atoms with van der Waals surface area (Å²) in [5.41, 5.74) is 0.755. The summed E-state index contributed by atoms with van der Waals surface area (Å²) in [5, 5.41) is 3.07. The van der Waals surface area contributed by atoms with Crippen LogP contribution in [0.2, 0.25) is 0 Å². The average molecular weight is 400 g/mol. The van der Waals surface area contributed by atoms with Crippen molar-refractivity contribution in [2.45, 2.75) is 20.0 Å². The molecule has 0 aliphatic carbocycles. The number of para-hydroxylation sites is 1. The van der Waals surface area contributed by atoms with Gasteiger partial charge in [0.25, 0.3) is 5.91 Å². The number of aromatic nitrogens is 1. The van der Waals surface area contributed by atoms with Crippen LogP contribution in [0.1, 0.15) is 13.8 Å². The third kappa shape index (κ3) is 5.20. The van der Waals surface area contributed by atoms with Crippen LogP contribution in [0.15, 0.2) is 48.5 Å². The van der Waals surface area contributed by atoms with E-state index in [0.29, 0.717) is 17.5 Å². The molecule has 1 N–H and O–H groups in total. The van der Waals surface area contributed by atoms with Gasteiger partial charge in [-0.05, 0) is 44.2 Å². The first-order valence-corrected chi connectivity index (χ1v) is 9.58. The van der Waals surface area contributed by atoms with E-state index < -0.39 is 24.6 Å². The van der Waals surface area contributed by atoms with Crippen LogP contribution in [0.25, 0.3) is 10.2 Å². The molecule has 0 fully saturated rings. The monoisotopic (exact) mass is 400 g/mol. The summed E-state index contributed by atoms with van der Waals surface area (Å²) in [6.07, 6.45) is -0.824. The fourth-order valence-corrected chi connectivity index (χ4v) is 3.29. The lowest BCUT2D eigenvalue weighted by molar-refractivity contribution is -0.153. The van der Waals surface area contributed by atoms with Crippen molar-refractivity contribution in [3.05, 3.63) is 48.5 Å². The smallest absolute Gasteiger partial charge is 0.347 e. The van der Waals surface area contributed by atoms with Gasteiger partial charge in [-0.25, -0.2) is 9.78 Å². The quantitative estimate of drug-likeness (QED) is 0.581. The van der Waals surface area contributed by atoms with E-state index in [2.05, 4.69) is 10.3 Å². The highest BCUT2D eigenvalue weighted by molar-refractivity contribution is 7.22. The predicted octanol–water partition coefficient (Wildman–Crippen LogP) is 3.64. The van der Waals surface area contributed by atoms with E-state index in [-0.39, 0.29) is 0 Å². The van der Waals surface area contributed by atoms with Crippen molar-refractivity contribution < 1.29 is 23.8 Å². The zero-order chi connectivity index (χ0) is 19.9. The molecule has 7 nitrogen and oxygen atoms in total. The second kappa shape index (κ2) is 9.18. The van der Waals surface area contributed by atoms with E-state index in [1.807, 2.05) is 31.2 Å². The molecule has 0 aliphatic heterocycles. The van der Waals surface area contributed by atoms with Gasteiger partial charge in [-0.15, -0.1) is 0 Å². The summed E-state index contributed by atoms with van der Waals surface area (Å²) < 4.78 is 16.8. The number of benzene rings is 2. The highest BCUT2D eigenvalue weighted by Crippen LogP contribution is 2.29. The predicted molar refractivity (Wildman–Crippen MR) is 107 cm³/mol. The molecular weight excluding hydrogens is 380 g/mol. The maximum absolute atomic E-state index is 12.1. The van der Waals surface area contributed by atoms with Crippen molar-refractivity contribution in [1.82, 2.24) is 4.98 Å². The number of nitrogens with one attached hydrogen (secondary N) is 1. The minimum Gasteiger partial charge on any atom is -0.494 e. The van der Waals surface area contributed by atoms with Crippen LogP contribution in [0.3, 0.4) is 0 Å². The lowest BCUT2D eigenvalue weighted by atomic mass is 10.3. The number of hydrogen-bond donors (Lipinski definition) is 1. The largest absolute Gasteiger partial charge is 0.494 e. The Bertz CT molecular complexity index is 958. The molecule has 28 heavy (non-hydrogen) atoms. The average Bonchev–Trinajstić information content (AvgIpc) is 3.08. The third-order valence-corrected chi connectivity index (χ3v) is 4.58. The molecule has 2 aromatic carbocycles. The van der Waals surface area contributed by atoms with Crippen LogP contribution < -0.4 is 14.8 Å². The molecule has 0 saturated heterocycles. The number of fused-ring (bicyclic) bond motifs is 1. The van der Waals surface area contributed by atoms with Gasteiger partial charge >= 0.3 is 5.97 Å². The number of carbonyl (C=O) groups excluding carboxylic acids is 2. The zero-order valence-corrected chi connectivity index (χ0v) is 16.3. The number of nitrogens with zero attached hydrogens (tertiary/aromatic N) is 1. The number of carbonyl (C=O) groups is 2. The van der Waals surface area contributed by atoms with Gasteiger partial charge in [0, 0.05) is 0 Å². The van der Waals surface area contributed by atoms with E-state index in [1.165, 1.54) is 11.3 Å². The summed E-state index contributed by atoms with van der Waals surface area (Å²) >= 11 is 1.32. The standard InChI is InChI=1S/C20H20N2O5S/c1-3-25-15-9-10-16-17(11-15)28-20(21-16)22-18(23)12-26-19(24)13(2)27-14-7-5-4-6-8-14/h4-11,13H,3,12H2,1-2H3,(H,21,22,23)/t13-/m0/s1. The minimum atomic E-state index is -0.824. The third-order valence-electron chi connectivity index (χ3n) is 3.65. The van der Waals surface area contributed by atoms with Crippen LogP contribution in [-0.2, 0) is 14.3 Å². The van der Waals surface area contributed by atoms with E-state index in [9.17, 15) is 9.59 Å². The molecule has 146 valence electrons. The van der Waals surface area contributed by atoms with Gasteiger partial charge in [0.15, 0.2) is 17.8 Å². The molecular formula is C20H20N2O5S. The van der Waals surface area contributed by atoms with Gasteiger partial charge in [0.05, 0.1) is 16.8 Å². The summed E-state index contributed by atoms with van der Waals surface area (Å²) in [6, 6.07) is 14.4. The van der Waals surface area contributed by atoms with Crippen LogP contribution in [-0.4, -0.2) is 36.2 Å². The first kappa shape index (κ1) is 19.6. The van der Waals surface area contributed by atoms with Crippen LogP contribution in [0, 0.1) is 0 Å². The van der Waals surface area contributed by atoms with Crippen LogP contribution in [0.4, 0.5) is 5.13 Å². The number of rotatable bonds is 8. The summed E-state index contributed by atoms with van der Waals surface area (Å²) in [7, 11) is 0. The van der Waals surface area contributed by atoms with Crippen molar-refractivity contribution in [2.24, 2.45) is 0 Å². The second-order valence-electron chi connectivity index (χ2n) is 5.81. The Labute approximate surface area is 166 Å². The molecule has 3 rings (SSSR count). The number of anilines is 1. The minimum absolute atomic E-state index is 0.415. The van der Waals surface area contributed by atoms with Gasteiger partial charge in [0.1, 0.15) is 11.5 Å². The SMILES string of the molecule is CCOc1ccc2nc(NC(=O)COC(=O)[C@H](C)Oc3ccccc3)sc2c1. The Morgan fingerprint density at radius 1 is 1.14 bits per heavy atom. The Morgan fingerprint density at radius 2 is 1.93 bits per heavy atom. The Morgan fingerprint density at radius 3 is 2.68 bits per heavy atom. The molecule has 1 heterocycles. The van der Waals surface area contributed by atoms with Gasteiger partial charge in [-0.2, -0.15) is 0 Å². The van der Waals surface area contributed by atoms with Gasteiger partial charge in [0.2, 0.25) is 0 Å². The van der Waals surface area contributed by atoms with E-state index >= 15 is 0 Å². The number of esters is 1. The van der Waals surface area contributed by atoms with Crippen molar-refractivity contribution >= 4 is 38.6 Å². The molecule has 0 bridgehead atoms. The highest BCUT2D eigenvalue weighted by atomic mass is 32.1. The highest BCUT2D eigenvalue weighted by Gasteiger charge is 2.18. The first-order chi connectivity index (χ1) is 13.5. The van der Waals surface area contributed by atoms with Gasteiger partial charge in [-0.1, -0.05) is 29.5 Å². The lowest BCUT2D eigenvalue weighted by Crippen LogP contribution is -2.29. The fourth-order valence-electron chi connectivity index (χ4n) is 2.38. The maximum Gasteiger partial charge on any atom is 0.347 e. The number of ether oxygens (including phenoxy) is 3. The van der Waals surface area contributed by atoms with Crippen molar-refractivity contribution in [1.29, 1.82) is 0 Å². The Kier molecular flexibility index (Phi) is 6.44. The number of hydrogen-bond acceptors (Lipinski definition) is 7. The fraction of sp³-hybridized carbons (Fsp3) is 0.250. The zero-order valence-electron chi connectivity index (χ0n) is 15.5. The number of thiazole rings is 1. The van der Waals surface area contributed by atoms with E-state index in [0.717, 1.165) is 16.0 Å². The summed E-state index contributed by atoms with van der Waals surface area (Å²) in [6.45, 7) is 3.64. The molecule has 8 heteroatoms. The molecule has 0 aliphatic rings. The van der Waals surface area contributed by atoms with Crippen molar-refractivity contribution in [2.75, 3.05) is 18.5 Å². The Balaban J connectivity index is 1.51. The molecule has 0 spiro atoms. The second-order valence-corrected chi connectivity index (χ2v) is 6.84.